The fourth-order valence-corrected chi connectivity index (χ4v) is 1.60. The Morgan fingerprint density at radius 1 is 1.40 bits per heavy atom. The minimum Gasteiger partial charge on any atom is -0.0998 e. The maximum atomic E-state index is 3.97. The Balaban J connectivity index is 3.13. The molecule has 0 saturated carbocycles. The smallest absolute Gasteiger partial charge is 0.00640 e. The highest BCUT2D eigenvalue weighted by Gasteiger charge is 2.02. The van der Waals surface area contributed by atoms with Crippen LogP contribution in [0.25, 0.3) is 6.08 Å². The van der Waals surface area contributed by atoms with E-state index in [1.807, 2.05) is 6.08 Å². The molecule has 0 aromatic heterocycles. The number of aryl methyl sites for hydroxylation is 1. The number of rotatable bonds is 4. The summed E-state index contributed by atoms with van der Waals surface area (Å²) >= 11 is 0. The number of allylic oxidation sites excluding steroid dienone is 3. The third kappa shape index (κ3) is 3.25. The van der Waals surface area contributed by atoms with Gasteiger partial charge in [-0.15, -0.1) is 0 Å². The lowest BCUT2D eigenvalue weighted by Gasteiger charge is -2.09. The Hall–Kier alpha value is -1.56. The van der Waals surface area contributed by atoms with Crippen molar-refractivity contribution in [3.05, 3.63) is 65.8 Å². The summed E-state index contributed by atoms with van der Waals surface area (Å²) in [6.45, 7) is 11.9. The van der Waals surface area contributed by atoms with Crippen LogP contribution in [0.5, 0.6) is 0 Å². The maximum absolute atomic E-state index is 3.97. The lowest BCUT2D eigenvalue weighted by atomic mass is 9.96. The molecule has 0 nitrogen and oxygen atoms in total. The monoisotopic (exact) mass is 198 g/mol. The van der Waals surface area contributed by atoms with Crippen molar-refractivity contribution in [2.24, 2.45) is 0 Å². The Kier molecular flexibility index (Phi) is 4.11. The first kappa shape index (κ1) is 11.5. The molecule has 0 radical (unpaired) electrons. The van der Waals surface area contributed by atoms with E-state index < -0.39 is 0 Å². The van der Waals surface area contributed by atoms with Gasteiger partial charge < -0.3 is 0 Å². The predicted octanol–water partition coefficient (Wildman–Crippen LogP) is 4.31. The molecule has 0 heteroatoms. The van der Waals surface area contributed by atoms with Gasteiger partial charge in [0.1, 0.15) is 0 Å². The molecule has 0 aliphatic carbocycles. The van der Waals surface area contributed by atoms with Crippen LogP contribution in [0.1, 0.15) is 23.6 Å². The van der Waals surface area contributed by atoms with Crippen LogP contribution in [0.3, 0.4) is 0 Å². The Labute approximate surface area is 92.6 Å². The second-order valence-electron chi connectivity index (χ2n) is 3.87. The summed E-state index contributed by atoms with van der Waals surface area (Å²) in [5, 5.41) is 0. The highest BCUT2D eigenvalue weighted by molar-refractivity contribution is 5.57. The van der Waals surface area contributed by atoms with Crippen LogP contribution in [0.15, 0.2) is 49.1 Å². The minimum absolute atomic E-state index is 0.948. The zero-order valence-electron chi connectivity index (χ0n) is 9.59. The van der Waals surface area contributed by atoms with Crippen LogP contribution in [0.2, 0.25) is 0 Å². The summed E-state index contributed by atoms with van der Waals surface area (Å²) in [6, 6.07) is 6.36. The van der Waals surface area contributed by atoms with E-state index in [1.165, 1.54) is 22.3 Å². The Bertz CT molecular complexity index is 394. The quantitative estimate of drug-likeness (QED) is 0.499. The Morgan fingerprint density at radius 3 is 2.73 bits per heavy atom. The second kappa shape index (κ2) is 5.35. The number of hydrogen-bond acceptors (Lipinski definition) is 0. The van der Waals surface area contributed by atoms with E-state index in [0.29, 0.717) is 0 Å². The van der Waals surface area contributed by atoms with Crippen LogP contribution >= 0.6 is 0 Å². The van der Waals surface area contributed by atoms with E-state index in [0.717, 1.165) is 6.42 Å². The van der Waals surface area contributed by atoms with Gasteiger partial charge in [-0.1, -0.05) is 55.2 Å². The first-order valence-corrected chi connectivity index (χ1v) is 5.17. The number of benzene rings is 1. The maximum Gasteiger partial charge on any atom is -0.00640 e. The van der Waals surface area contributed by atoms with Crippen molar-refractivity contribution >= 4 is 6.08 Å². The van der Waals surface area contributed by atoms with Crippen LogP contribution in [-0.2, 0) is 6.42 Å². The fraction of sp³-hybridized carbons (Fsp3) is 0.200. The zero-order valence-corrected chi connectivity index (χ0v) is 9.59. The van der Waals surface area contributed by atoms with Crippen molar-refractivity contribution in [1.29, 1.82) is 0 Å². The van der Waals surface area contributed by atoms with Gasteiger partial charge in [0.05, 0.1) is 0 Å². The molecule has 15 heavy (non-hydrogen) atoms. The van der Waals surface area contributed by atoms with Crippen LogP contribution in [0.4, 0.5) is 0 Å². The molecule has 0 unspecified atom stereocenters. The van der Waals surface area contributed by atoms with Crippen molar-refractivity contribution in [3.63, 3.8) is 0 Å². The fourth-order valence-electron chi connectivity index (χ4n) is 1.60. The third-order valence-electron chi connectivity index (χ3n) is 2.34. The van der Waals surface area contributed by atoms with Crippen molar-refractivity contribution in [1.82, 2.24) is 0 Å². The Morgan fingerprint density at radius 2 is 2.13 bits per heavy atom. The van der Waals surface area contributed by atoms with Crippen molar-refractivity contribution in [2.75, 3.05) is 0 Å². The van der Waals surface area contributed by atoms with Crippen LogP contribution in [-0.4, -0.2) is 0 Å². The highest BCUT2D eigenvalue weighted by Crippen LogP contribution is 2.19. The molecule has 1 aromatic carbocycles. The van der Waals surface area contributed by atoms with Gasteiger partial charge in [-0.3, -0.25) is 0 Å². The minimum atomic E-state index is 0.948. The summed E-state index contributed by atoms with van der Waals surface area (Å²) in [5.41, 5.74) is 5.14. The molecule has 0 atom stereocenters. The largest absolute Gasteiger partial charge is 0.0998 e. The molecule has 0 aliphatic rings. The van der Waals surface area contributed by atoms with Gasteiger partial charge >= 0.3 is 0 Å². The molecular formula is C15H18. The molecule has 1 aromatic rings. The molecule has 0 bridgehead atoms. The molecule has 0 amide bonds. The molecule has 0 N–H and O–H groups in total. The van der Waals surface area contributed by atoms with E-state index in [-0.39, 0.29) is 0 Å². The lowest BCUT2D eigenvalue weighted by molar-refractivity contribution is 1.12. The van der Waals surface area contributed by atoms with E-state index in [1.54, 1.807) is 6.08 Å². The molecular weight excluding hydrogens is 180 g/mol. The third-order valence-corrected chi connectivity index (χ3v) is 2.34. The van der Waals surface area contributed by atoms with Gasteiger partial charge in [-0.05, 0) is 37.0 Å². The van der Waals surface area contributed by atoms with E-state index in [9.17, 15) is 0 Å². The normalized spacial score (nSPS) is 10.5. The molecule has 1 rings (SSSR count). The molecule has 0 saturated heterocycles. The van der Waals surface area contributed by atoms with Crippen molar-refractivity contribution in [2.45, 2.75) is 20.3 Å². The predicted molar refractivity (Wildman–Crippen MR) is 68.9 cm³/mol. The van der Waals surface area contributed by atoms with Gasteiger partial charge in [0.15, 0.2) is 0 Å². The summed E-state index contributed by atoms with van der Waals surface area (Å²) in [6.07, 6.45) is 6.81. The molecule has 0 spiro atoms. The average molecular weight is 198 g/mol. The SMILES string of the molecule is C=C/C=C\c1cccc(C)c1CC(=C)C. The average Bonchev–Trinajstić information content (AvgIpc) is 2.18. The first-order valence-electron chi connectivity index (χ1n) is 5.17. The summed E-state index contributed by atoms with van der Waals surface area (Å²) in [7, 11) is 0. The van der Waals surface area contributed by atoms with Crippen LogP contribution < -0.4 is 0 Å². The van der Waals surface area contributed by atoms with Gasteiger partial charge in [-0.2, -0.15) is 0 Å². The zero-order chi connectivity index (χ0) is 11.3. The van der Waals surface area contributed by atoms with Crippen molar-refractivity contribution < 1.29 is 0 Å². The summed E-state index contributed by atoms with van der Waals surface area (Å²) in [5.74, 6) is 0. The highest BCUT2D eigenvalue weighted by atomic mass is 14.1. The lowest BCUT2D eigenvalue weighted by Crippen LogP contribution is -1.94. The van der Waals surface area contributed by atoms with Gasteiger partial charge in [-0.25, -0.2) is 0 Å². The second-order valence-corrected chi connectivity index (χ2v) is 3.87. The number of hydrogen-bond donors (Lipinski definition) is 0. The van der Waals surface area contributed by atoms with Crippen LogP contribution in [0, 0.1) is 6.92 Å². The van der Waals surface area contributed by atoms with Gasteiger partial charge in [0.25, 0.3) is 0 Å². The first-order chi connectivity index (χ1) is 7.15. The van der Waals surface area contributed by atoms with Gasteiger partial charge in [0, 0.05) is 0 Å². The summed E-state index contributed by atoms with van der Waals surface area (Å²) < 4.78 is 0. The van der Waals surface area contributed by atoms with Crippen molar-refractivity contribution in [3.8, 4) is 0 Å². The topological polar surface area (TPSA) is 0 Å². The van der Waals surface area contributed by atoms with E-state index in [2.05, 4.69) is 51.3 Å². The molecule has 78 valence electrons. The van der Waals surface area contributed by atoms with E-state index in [4.69, 9.17) is 0 Å². The van der Waals surface area contributed by atoms with Gasteiger partial charge in [0.2, 0.25) is 0 Å². The molecule has 0 fully saturated rings. The molecule has 0 aliphatic heterocycles. The standard InChI is InChI=1S/C15H18/c1-5-6-9-14-10-7-8-13(4)15(14)11-12(2)3/h5-10H,1-2,11H2,3-4H3/b9-6-. The molecule has 0 heterocycles. The van der Waals surface area contributed by atoms with E-state index >= 15 is 0 Å². The summed E-state index contributed by atoms with van der Waals surface area (Å²) in [4.78, 5) is 0.